The van der Waals surface area contributed by atoms with E-state index >= 15 is 0 Å². The van der Waals surface area contributed by atoms with Gasteiger partial charge in [-0.3, -0.25) is 14.9 Å². The number of hydrogen-bond donors (Lipinski definition) is 1. The molecule has 0 saturated heterocycles. The summed E-state index contributed by atoms with van der Waals surface area (Å²) in [7, 11) is 0. The lowest BCUT2D eigenvalue weighted by atomic mass is 10.1. The Labute approximate surface area is 134 Å². The van der Waals surface area contributed by atoms with Gasteiger partial charge in [0.1, 0.15) is 5.56 Å². The first kappa shape index (κ1) is 16.3. The Bertz CT molecular complexity index is 755. The van der Waals surface area contributed by atoms with Gasteiger partial charge in [-0.1, -0.05) is 17.7 Å². The summed E-state index contributed by atoms with van der Waals surface area (Å²) < 4.78 is 13.8. The van der Waals surface area contributed by atoms with Crippen molar-refractivity contribution in [2.75, 3.05) is 11.6 Å². The fourth-order valence-corrected chi connectivity index (χ4v) is 2.39. The number of carbonyl (C=O) groups is 1. The summed E-state index contributed by atoms with van der Waals surface area (Å²) in [5.74, 6) is -1.56. The summed E-state index contributed by atoms with van der Waals surface area (Å²) in [6.45, 7) is 0. The zero-order chi connectivity index (χ0) is 16.3. The van der Waals surface area contributed by atoms with Crippen LogP contribution in [0.4, 0.5) is 15.8 Å². The Morgan fingerprint density at radius 2 is 2.09 bits per heavy atom. The van der Waals surface area contributed by atoms with E-state index in [2.05, 4.69) is 5.32 Å². The number of nitrogens with zero attached hydrogens (tertiary/aromatic N) is 1. The molecule has 0 aliphatic carbocycles. The van der Waals surface area contributed by atoms with Crippen molar-refractivity contribution < 1.29 is 14.1 Å². The molecule has 2 aromatic carbocycles. The van der Waals surface area contributed by atoms with E-state index in [1.54, 1.807) is 12.3 Å². The monoisotopic (exact) mass is 340 g/mol. The molecular weight excluding hydrogens is 331 g/mol. The molecule has 2 rings (SSSR count). The van der Waals surface area contributed by atoms with Crippen molar-refractivity contribution >= 4 is 40.6 Å². The van der Waals surface area contributed by atoms with Crippen molar-refractivity contribution in [3.63, 3.8) is 0 Å². The Kier molecular flexibility index (Phi) is 4.99. The van der Waals surface area contributed by atoms with Crippen LogP contribution in [-0.2, 0) is 0 Å². The van der Waals surface area contributed by atoms with Crippen LogP contribution in [0.2, 0.25) is 5.02 Å². The summed E-state index contributed by atoms with van der Waals surface area (Å²) in [6, 6.07) is 8.30. The number of thioether (sulfide) groups is 1. The molecule has 0 bridgehead atoms. The van der Waals surface area contributed by atoms with Gasteiger partial charge in [0.25, 0.3) is 11.6 Å². The highest BCUT2D eigenvalue weighted by molar-refractivity contribution is 7.98. The number of rotatable bonds is 4. The number of nitro groups is 1. The zero-order valence-corrected chi connectivity index (χ0v) is 12.9. The third-order valence-electron chi connectivity index (χ3n) is 2.84. The molecule has 0 unspecified atom stereocenters. The van der Waals surface area contributed by atoms with Gasteiger partial charge in [0.2, 0.25) is 0 Å². The summed E-state index contributed by atoms with van der Waals surface area (Å²) in [6.07, 6.45) is 1.78. The molecule has 0 aromatic heterocycles. The van der Waals surface area contributed by atoms with E-state index in [4.69, 9.17) is 11.6 Å². The molecule has 8 heteroatoms. The number of nitrogens with one attached hydrogen (secondary N) is 1. The van der Waals surface area contributed by atoms with E-state index in [0.29, 0.717) is 4.90 Å². The molecule has 22 heavy (non-hydrogen) atoms. The Morgan fingerprint density at radius 3 is 2.73 bits per heavy atom. The number of halogens is 2. The molecule has 114 valence electrons. The number of benzene rings is 2. The predicted molar refractivity (Wildman–Crippen MR) is 84.2 cm³/mol. The van der Waals surface area contributed by atoms with Crippen LogP contribution in [-0.4, -0.2) is 17.1 Å². The van der Waals surface area contributed by atoms with Gasteiger partial charge in [0.05, 0.1) is 15.6 Å². The maximum atomic E-state index is 13.8. The molecule has 0 aliphatic rings. The molecule has 0 saturated carbocycles. The fourth-order valence-electron chi connectivity index (χ4n) is 1.77. The third-order valence-corrected chi connectivity index (χ3v) is 3.86. The van der Waals surface area contributed by atoms with Gasteiger partial charge < -0.3 is 5.32 Å². The Balaban J connectivity index is 2.40. The maximum Gasteiger partial charge on any atom is 0.282 e. The molecule has 0 radical (unpaired) electrons. The highest BCUT2D eigenvalue weighted by Crippen LogP contribution is 2.27. The lowest BCUT2D eigenvalue weighted by molar-refractivity contribution is -0.385. The molecule has 0 spiro atoms. The fraction of sp³-hybridized carbons (Fsp3) is 0.0714. The minimum atomic E-state index is -0.791. The standard InChI is InChI=1S/C14H10ClFN2O3S/c1-22-8-5-6-12(18(20)21)9(7-8)14(19)17-11-4-2-3-10(15)13(11)16/h2-7H,1H3,(H,17,19). The highest BCUT2D eigenvalue weighted by Gasteiger charge is 2.21. The van der Waals surface area contributed by atoms with E-state index in [1.807, 2.05) is 0 Å². The van der Waals surface area contributed by atoms with E-state index in [-0.39, 0.29) is 22.0 Å². The summed E-state index contributed by atoms with van der Waals surface area (Å²) in [4.78, 5) is 23.3. The van der Waals surface area contributed by atoms with Crippen molar-refractivity contribution in [3.05, 3.63) is 62.9 Å². The quantitative estimate of drug-likeness (QED) is 0.510. The van der Waals surface area contributed by atoms with Crippen LogP contribution >= 0.6 is 23.4 Å². The lowest BCUT2D eigenvalue weighted by Gasteiger charge is -2.08. The summed E-state index contributed by atoms with van der Waals surface area (Å²) in [5, 5.41) is 13.2. The predicted octanol–water partition coefficient (Wildman–Crippen LogP) is 4.36. The van der Waals surface area contributed by atoms with E-state index in [0.717, 1.165) is 0 Å². The van der Waals surface area contributed by atoms with Gasteiger partial charge in [-0.2, -0.15) is 0 Å². The number of carbonyl (C=O) groups excluding carboxylic acids is 1. The van der Waals surface area contributed by atoms with Crippen LogP contribution in [0.25, 0.3) is 0 Å². The first-order chi connectivity index (χ1) is 10.4. The van der Waals surface area contributed by atoms with Gasteiger partial charge in [-0.05, 0) is 30.5 Å². The van der Waals surface area contributed by atoms with E-state index < -0.39 is 16.6 Å². The molecule has 2 aromatic rings. The number of hydrogen-bond acceptors (Lipinski definition) is 4. The second-order valence-electron chi connectivity index (χ2n) is 4.20. The minimum Gasteiger partial charge on any atom is -0.319 e. The van der Waals surface area contributed by atoms with E-state index in [1.165, 1.54) is 42.1 Å². The average Bonchev–Trinajstić information content (AvgIpc) is 2.51. The number of anilines is 1. The van der Waals surface area contributed by atoms with Crippen LogP contribution in [0.1, 0.15) is 10.4 Å². The van der Waals surface area contributed by atoms with Gasteiger partial charge in [0.15, 0.2) is 5.82 Å². The first-order valence-electron chi connectivity index (χ1n) is 6.02. The summed E-state index contributed by atoms with van der Waals surface area (Å²) >= 11 is 6.97. The van der Waals surface area contributed by atoms with Crippen molar-refractivity contribution in [3.8, 4) is 0 Å². The Hall–Kier alpha value is -2.12. The van der Waals surface area contributed by atoms with Crippen LogP contribution in [0.15, 0.2) is 41.3 Å². The van der Waals surface area contributed by atoms with E-state index in [9.17, 15) is 19.3 Å². The average molecular weight is 341 g/mol. The minimum absolute atomic E-state index is 0.138. The van der Waals surface area contributed by atoms with Crippen molar-refractivity contribution in [2.24, 2.45) is 0 Å². The molecular formula is C14H10ClFN2O3S. The van der Waals surface area contributed by atoms with Crippen LogP contribution < -0.4 is 5.32 Å². The van der Waals surface area contributed by atoms with Crippen LogP contribution in [0, 0.1) is 15.9 Å². The SMILES string of the molecule is CSc1ccc([N+](=O)[O-])c(C(=O)Nc2cccc(Cl)c2F)c1. The molecule has 1 amide bonds. The second kappa shape index (κ2) is 6.76. The van der Waals surface area contributed by atoms with Gasteiger partial charge >= 0.3 is 0 Å². The van der Waals surface area contributed by atoms with Gasteiger partial charge in [0, 0.05) is 11.0 Å². The van der Waals surface area contributed by atoms with Crippen LogP contribution in [0.3, 0.4) is 0 Å². The maximum absolute atomic E-state index is 13.8. The number of nitro benzene ring substituents is 1. The molecule has 1 N–H and O–H groups in total. The number of amides is 1. The van der Waals surface area contributed by atoms with Gasteiger partial charge in [-0.25, -0.2) is 4.39 Å². The van der Waals surface area contributed by atoms with Crippen molar-refractivity contribution in [1.82, 2.24) is 0 Å². The van der Waals surface area contributed by atoms with Gasteiger partial charge in [-0.15, -0.1) is 11.8 Å². The normalized spacial score (nSPS) is 10.3. The topological polar surface area (TPSA) is 72.2 Å². The third kappa shape index (κ3) is 3.37. The Morgan fingerprint density at radius 1 is 1.36 bits per heavy atom. The zero-order valence-electron chi connectivity index (χ0n) is 11.3. The molecule has 0 atom stereocenters. The smallest absolute Gasteiger partial charge is 0.282 e. The highest BCUT2D eigenvalue weighted by atomic mass is 35.5. The molecule has 0 heterocycles. The van der Waals surface area contributed by atoms with Crippen molar-refractivity contribution in [2.45, 2.75) is 4.90 Å². The molecule has 0 fully saturated rings. The summed E-state index contributed by atoms with van der Waals surface area (Å²) in [5.41, 5.74) is -0.629. The largest absolute Gasteiger partial charge is 0.319 e. The first-order valence-corrected chi connectivity index (χ1v) is 7.62. The lowest BCUT2D eigenvalue weighted by Crippen LogP contribution is -2.15. The molecule has 5 nitrogen and oxygen atoms in total. The van der Waals surface area contributed by atoms with Crippen molar-refractivity contribution in [1.29, 1.82) is 0 Å². The second-order valence-corrected chi connectivity index (χ2v) is 5.48. The van der Waals surface area contributed by atoms with Crippen LogP contribution in [0.5, 0.6) is 0 Å². The molecule has 0 aliphatic heterocycles.